The Hall–Kier alpha value is -1.64. The van der Waals surface area contributed by atoms with Crippen molar-refractivity contribution in [1.29, 1.82) is 0 Å². The van der Waals surface area contributed by atoms with Gasteiger partial charge < -0.3 is 11.5 Å². The topological polar surface area (TPSA) is 52.0 Å². The van der Waals surface area contributed by atoms with Crippen molar-refractivity contribution in [1.82, 2.24) is 0 Å². The van der Waals surface area contributed by atoms with E-state index in [1.807, 2.05) is 0 Å². The Morgan fingerprint density at radius 2 is 1.20 bits per heavy atom. The van der Waals surface area contributed by atoms with Crippen LogP contribution >= 0.6 is 0 Å². The molecule has 0 unspecified atom stereocenters. The van der Waals surface area contributed by atoms with Crippen molar-refractivity contribution >= 4 is 0 Å². The zero-order valence-electron chi connectivity index (χ0n) is 12.9. The highest BCUT2D eigenvalue weighted by Crippen LogP contribution is 2.34. The van der Waals surface area contributed by atoms with E-state index >= 15 is 0 Å². The van der Waals surface area contributed by atoms with Gasteiger partial charge in [-0.05, 0) is 72.2 Å². The van der Waals surface area contributed by atoms with Crippen molar-refractivity contribution < 1.29 is 0 Å². The number of nitrogens with two attached hydrogens (primary N) is 2. The molecule has 2 rings (SSSR count). The molecular formula is C18H24N2. The summed E-state index contributed by atoms with van der Waals surface area (Å²) < 4.78 is 0. The van der Waals surface area contributed by atoms with Crippen molar-refractivity contribution in [2.45, 2.75) is 40.8 Å². The van der Waals surface area contributed by atoms with Crippen LogP contribution < -0.4 is 11.5 Å². The number of rotatable bonds is 3. The van der Waals surface area contributed by atoms with E-state index in [1.165, 1.54) is 38.9 Å². The van der Waals surface area contributed by atoms with Gasteiger partial charge in [-0.3, -0.25) is 0 Å². The fourth-order valence-electron chi connectivity index (χ4n) is 2.94. The number of hydrogen-bond donors (Lipinski definition) is 2. The summed E-state index contributed by atoms with van der Waals surface area (Å²) in [7, 11) is 0. The van der Waals surface area contributed by atoms with Gasteiger partial charge in [0, 0.05) is 13.1 Å². The highest BCUT2D eigenvalue weighted by atomic mass is 14.5. The summed E-state index contributed by atoms with van der Waals surface area (Å²) in [6.45, 7) is 9.90. The van der Waals surface area contributed by atoms with E-state index in [4.69, 9.17) is 11.5 Å². The molecule has 0 fully saturated rings. The zero-order chi connectivity index (χ0) is 14.9. The van der Waals surface area contributed by atoms with Crippen molar-refractivity contribution in [3.63, 3.8) is 0 Å². The molecule has 0 aliphatic carbocycles. The monoisotopic (exact) mass is 268 g/mol. The normalized spacial score (nSPS) is 10.9. The summed E-state index contributed by atoms with van der Waals surface area (Å²) in [4.78, 5) is 0. The Bertz CT molecular complexity index is 596. The Labute approximate surface area is 121 Å². The third-order valence-corrected chi connectivity index (χ3v) is 4.46. The van der Waals surface area contributed by atoms with Gasteiger partial charge in [0.05, 0.1) is 0 Å². The first kappa shape index (κ1) is 14.8. The molecule has 0 aliphatic heterocycles. The van der Waals surface area contributed by atoms with Crippen LogP contribution in [0.25, 0.3) is 11.1 Å². The Morgan fingerprint density at radius 1 is 0.700 bits per heavy atom. The summed E-state index contributed by atoms with van der Waals surface area (Å²) in [5.74, 6) is 0. The van der Waals surface area contributed by atoms with Crippen LogP contribution in [0, 0.1) is 27.7 Å². The molecule has 0 aromatic heterocycles. The summed E-state index contributed by atoms with van der Waals surface area (Å²) >= 11 is 0. The maximum absolute atomic E-state index is 5.90. The van der Waals surface area contributed by atoms with Gasteiger partial charge in [-0.25, -0.2) is 0 Å². The van der Waals surface area contributed by atoms with Gasteiger partial charge in [0.1, 0.15) is 0 Å². The maximum atomic E-state index is 5.90. The fourth-order valence-corrected chi connectivity index (χ4v) is 2.94. The molecule has 0 heterocycles. The molecular weight excluding hydrogens is 244 g/mol. The number of benzene rings is 2. The minimum absolute atomic E-state index is 0.586. The van der Waals surface area contributed by atoms with E-state index in [2.05, 4.69) is 52.0 Å². The van der Waals surface area contributed by atoms with E-state index < -0.39 is 0 Å². The lowest BCUT2D eigenvalue weighted by Crippen LogP contribution is -2.07. The van der Waals surface area contributed by atoms with Crippen LogP contribution in [0.15, 0.2) is 24.3 Å². The van der Waals surface area contributed by atoms with Crippen LogP contribution in [0.1, 0.15) is 33.4 Å². The summed E-state index contributed by atoms with van der Waals surface area (Å²) in [5.41, 5.74) is 21.9. The van der Waals surface area contributed by atoms with Gasteiger partial charge in [-0.15, -0.1) is 0 Å². The molecule has 2 aromatic rings. The van der Waals surface area contributed by atoms with Crippen molar-refractivity contribution in [2.24, 2.45) is 11.5 Å². The van der Waals surface area contributed by atoms with Crippen LogP contribution in [0.2, 0.25) is 0 Å². The third kappa shape index (κ3) is 2.37. The van der Waals surface area contributed by atoms with Crippen molar-refractivity contribution in [3.05, 3.63) is 57.6 Å². The summed E-state index contributed by atoms with van der Waals surface area (Å²) in [6, 6.07) is 8.54. The van der Waals surface area contributed by atoms with Gasteiger partial charge in [0.2, 0.25) is 0 Å². The van der Waals surface area contributed by atoms with Crippen LogP contribution in [0.4, 0.5) is 0 Å². The Morgan fingerprint density at radius 3 is 1.60 bits per heavy atom. The van der Waals surface area contributed by atoms with E-state index in [1.54, 1.807) is 0 Å². The highest BCUT2D eigenvalue weighted by molar-refractivity contribution is 5.74. The Kier molecular flexibility index (Phi) is 4.26. The standard InChI is InChI=1S/C18H24N2/c1-11-13(3)18(14(4)12(2)17(11)10-20)16-7-5-15(9-19)6-8-16/h5-8H,9-10,19-20H2,1-4H3. The molecule has 0 saturated carbocycles. The fraction of sp³-hybridized carbons (Fsp3) is 0.333. The molecule has 0 aliphatic rings. The predicted molar refractivity (Wildman–Crippen MR) is 86.6 cm³/mol. The Balaban J connectivity index is 2.67. The average Bonchev–Trinajstić information content (AvgIpc) is 2.47. The first-order valence-electron chi connectivity index (χ1n) is 7.09. The first-order valence-corrected chi connectivity index (χ1v) is 7.09. The van der Waals surface area contributed by atoms with Crippen LogP contribution in [0.5, 0.6) is 0 Å². The molecule has 2 nitrogen and oxygen atoms in total. The van der Waals surface area contributed by atoms with Crippen molar-refractivity contribution in [2.75, 3.05) is 0 Å². The number of hydrogen-bond acceptors (Lipinski definition) is 2. The van der Waals surface area contributed by atoms with E-state index in [9.17, 15) is 0 Å². The van der Waals surface area contributed by atoms with E-state index in [0.717, 1.165) is 5.56 Å². The average molecular weight is 268 g/mol. The molecule has 2 heteroatoms. The zero-order valence-corrected chi connectivity index (χ0v) is 12.9. The third-order valence-electron chi connectivity index (χ3n) is 4.46. The lowest BCUT2D eigenvalue weighted by Gasteiger charge is -2.20. The lowest BCUT2D eigenvalue weighted by atomic mass is 9.85. The SMILES string of the molecule is Cc1c(C)c(-c2ccc(CN)cc2)c(C)c(C)c1CN. The van der Waals surface area contributed by atoms with Gasteiger partial charge in [0.25, 0.3) is 0 Å². The van der Waals surface area contributed by atoms with Gasteiger partial charge in [-0.2, -0.15) is 0 Å². The minimum atomic E-state index is 0.586. The maximum Gasteiger partial charge on any atom is 0.0183 e. The van der Waals surface area contributed by atoms with Gasteiger partial charge in [0.15, 0.2) is 0 Å². The second-order valence-electron chi connectivity index (χ2n) is 5.46. The molecule has 0 bridgehead atoms. The summed E-state index contributed by atoms with van der Waals surface area (Å²) in [6.07, 6.45) is 0. The largest absolute Gasteiger partial charge is 0.326 e. The van der Waals surface area contributed by atoms with Crippen LogP contribution in [-0.2, 0) is 13.1 Å². The van der Waals surface area contributed by atoms with Gasteiger partial charge >= 0.3 is 0 Å². The highest BCUT2D eigenvalue weighted by Gasteiger charge is 2.14. The minimum Gasteiger partial charge on any atom is -0.326 e. The molecule has 0 atom stereocenters. The van der Waals surface area contributed by atoms with E-state index in [0.29, 0.717) is 13.1 Å². The smallest absolute Gasteiger partial charge is 0.0183 e. The molecule has 0 spiro atoms. The molecule has 0 radical (unpaired) electrons. The van der Waals surface area contributed by atoms with Crippen LogP contribution in [0.3, 0.4) is 0 Å². The summed E-state index contributed by atoms with van der Waals surface area (Å²) in [5, 5.41) is 0. The van der Waals surface area contributed by atoms with Crippen molar-refractivity contribution in [3.8, 4) is 11.1 Å². The van der Waals surface area contributed by atoms with E-state index in [-0.39, 0.29) is 0 Å². The molecule has 4 N–H and O–H groups in total. The molecule has 20 heavy (non-hydrogen) atoms. The molecule has 2 aromatic carbocycles. The first-order chi connectivity index (χ1) is 9.51. The second kappa shape index (κ2) is 5.78. The molecule has 106 valence electrons. The lowest BCUT2D eigenvalue weighted by molar-refractivity contribution is 1.01. The quantitative estimate of drug-likeness (QED) is 0.895. The predicted octanol–water partition coefficient (Wildman–Crippen LogP) is 3.50. The molecule has 0 amide bonds. The molecule has 0 saturated heterocycles. The second-order valence-corrected chi connectivity index (χ2v) is 5.46. The van der Waals surface area contributed by atoms with Crippen LogP contribution in [-0.4, -0.2) is 0 Å². The van der Waals surface area contributed by atoms with Gasteiger partial charge in [-0.1, -0.05) is 24.3 Å².